The lowest BCUT2D eigenvalue weighted by atomic mass is 10.1. The van der Waals surface area contributed by atoms with Crippen LogP contribution in [0.4, 0.5) is 5.82 Å². The van der Waals surface area contributed by atoms with Gasteiger partial charge in [-0.25, -0.2) is 9.97 Å². The molecule has 0 bridgehead atoms. The summed E-state index contributed by atoms with van der Waals surface area (Å²) in [5.41, 5.74) is 2.60. The first-order valence-corrected chi connectivity index (χ1v) is 8.21. The number of hydrogen-bond donors (Lipinski definition) is 1. The van der Waals surface area contributed by atoms with E-state index in [1.54, 1.807) is 12.4 Å². The highest BCUT2D eigenvalue weighted by Gasteiger charge is 2.16. The molecule has 126 valence electrons. The first kappa shape index (κ1) is 16.4. The fraction of sp³-hybridized carbons (Fsp3) is 0.389. The highest BCUT2D eigenvalue weighted by Crippen LogP contribution is 2.11. The highest BCUT2D eigenvalue weighted by atomic mass is 16.1. The molecule has 0 spiro atoms. The predicted molar refractivity (Wildman–Crippen MR) is 94.1 cm³/mol. The Hall–Kier alpha value is -2.47. The molecule has 1 N–H and O–H groups in total. The van der Waals surface area contributed by atoms with Crippen LogP contribution in [0.1, 0.15) is 21.6 Å². The van der Waals surface area contributed by atoms with E-state index in [0.29, 0.717) is 12.2 Å². The van der Waals surface area contributed by atoms with Crippen molar-refractivity contribution in [3.63, 3.8) is 0 Å². The molecule has 0 radical (unpaired) electrons. The normalized spacial score (nSPS) is 15.3. The van der Waals surface area contributed by atoms with Crippen LogP contribution >= 0.6 is 0 Å². The monoisotopic (exact) mass is 325 g/mol. The van der Waals surface area contributed by atoms with Crippen LogP contribution in [0.25, 0.3) is 0 Å². The fourth-order valence-corrected chi connectivity index (χ4v) is 2.73. The minimum Gasteiger partial charge on any atom is -0.353 e. The molecule has 0 saturated carbocycles. The maximum Gasteiger partial charge on any atom is 0.271 e. The molecular weight excluding hydrogens is 302 g/mol. The Morgan fingerprint density at radius 2 is 1.96 bits per heavy atom. The van der Waals surface area contributed by atoms with Crippen molar-refractivity contribution in [1.82, 2.24) is 20.2 Å². The lowest BCUT2D eigenvalue weighted by molar-refractivity contribution is 0.0945. The van der Waals surface area contributed by atoms with Crippen LogP contribution in [0.2, 0.25) is 0 Å². The van der Waals surface area contributed by atoms with E-state index in [9.17, 15) is 4.79 Å². The minimum atomic E-state index is -0.200. The van der Waals surface area contributed by atoms with Gasteiger partial charge in [0.25, 0.3) is 5.91 Å². The number of nitrogens with one attached hydrogen (secondary N) is 1. The lowest BCUT2D eigenvalue weighted by Gasteiger charge is -2.32. The van der Waals surface area contributed by atoms with Gasteiger partial charge in [0, 0.05) is 32.7 Å². The van der Waals surface area contributed by atoms with Crippen LogP contribution < -0.4 is 10.2 Å². The number of aryl methyl sites for hydroxylation is 1. The zero-order valence-corrected chi connectivity index (χ0v) is 14.2. The van der Waals surface area contributed by atoms with Gasteiger partial charge in [-0.15, -0.1) is 0 Å². The number of nitrogens with zero attached hydrogens (tertiary/aromatic N) is 4. The number of aromatic nitrogens is 2. The molecule has 6 nitrogen and oxygen atoms in total. The number of benzene rings is 1. The molecule has 6 heteroatoms. The predicted octanol–water partition coefficient (Wildman–Crippen LogP) is 1.47. The number of anilines is 1. The van der Waals surface area contributed by atoms with Crippen molar-refractivity contribution in [2.75, 3.05) is 38.1 Å². The molecule has 0 atom stereocenters. The fourth-order valence-electron chi connectivity index (χ4n) is 2.73. The van der Waals surface area contributed by atoms with E-state index in [-0.39, 0.29) is 5.91 Å². The number of piperazine rings is 1. The van der Waals surface area contributed by atoms with Crippen molar-refractivity contribution >= 4 is 11.7 Å². The molecular formula is C18H23N5O. The first-order valence-electron chi connectivity index (χ1n) is 8.21. The van der Waals surface area contributed by atoms with Crippen molar-refractivity contribution in [1.29, 1.82) is 0 Å². The molecule has 2 aromatic rings. The molecule has 0 unspecified atom stereocenters. The molecule has 24 heavy (non-hydrogen) atoms. The van der Waals surface area contributed by atoms with E-state index >= 15 is 0 Å². The summed E-state index contributed by atoms with van der Waals surface area (Å²) in [7, 11) is 2.12. The Morgan fingerprint density at radius 1 is 1.17 bits per heavy atom. The van der Waals surface area contributed by atoms with Crippen molar-refractivity contribution in [3.05, 3.63) is 53.5 Å². The third kappa shape index (κ3) is 4.08. The van der Waals surface area contributed by atoms with E-state index in [4.69, 9.17) is 0 Å². The molecule has 2 heterocycles. The van der Waals surface area contributed by atoms with Crippen LogP contribution in [-0.2, 0) is 6.54 Å². The van der Waals surface area contributed by atoms with Gasteiger partial charge in [-0.1, -0.05) is 29.8 Å². The molecule has 3 rings (SSSR count). The number of rotatable bonds is 4. The molecule has 1 amide bonds. The van der Waals surface area contributed by atoms with Gasteiger partial charge < -0.3 is 15.1 Å². The van der Waals surface area contributed by atoms with Crippen LogP contribution in [0.15, 0.2) is 36.7 Å². The van der Waals surface area contributed by atoms with Crippen molar-refractivity contribution in [3.8, 4) is 0 Å². The molecule has 1 aliphatic heterocycles. The number of hydrogen-bond acceptors (Lipinski definition) is 5. The standard InChI is InChI=1S/C18H23N5O/c1-14-4-3-5-15(10-14)11-21-18(24)16-12-20-17(13-19-16)23-8-6-22(2)7-9-23/h3-5,10,12-13H,6-9,11H2,1-2H3,(H,21,24). The third-order valence-corrected chi connectivity index (χ3v) is 4.23. The topological polar surface area (TPSA) is 61.4 Å². The maximum absolute atomic E-state index is 12.2. The first-order chi connectivity index (χ1) is 11.6. The van der Waals surface area contributed by atoms with Gasteiger partial charge in [0.15, 0.2) is 0 Å². The lowest BCUT2D eigenvalue weighted by Crippen LogP contribution is -2.44. The molecule has 1 aromatic heterocycles. The van der Waals surface area contributed by atoms with Crippen LogP contribution in [0.5, 0.6) is 0 Å². The molecule has 1 aliphatic rings. The van der Waals surface area contributed by atoms with E-state index < -0.39 is 0 Å². The number of likely N-dealkylation sites (N-methyl/N-ethyl adjacent to an activating group) is 1. The van der Waals surface area contributed by atoms with Gasteiger partial charge in [-0.05, 0) is 19.5 Å². The second kappa shape index (κ2) is 7.40. The summed E-state index contributed by atoms with van der Waals surface area (Å²) >= 11 is 0. The van der Waals surface area contributed by atoms with Gasteiger partial charge in [0.2, 0.25) is 0 Å². The molecule has 0 aliphatic carbocycles. The summed E-state index contributed by atoms with van der Waals surface area (Å²) < 4.78 is 0. The average molecular weight is 325 g/mol. The second-order valence-corrected chi connectivity index (χ2v) is 6.22. The second-order valence-electron chi connectivity index (χ2n) is 6.22. The van der Waals surface area contributed by atoms with Gasteiger partial charge in [0.1, 0.15) is 11.5 Å². The number of carbonyl (C=O) groups excluding carboxylic acids is 1. The van der Waals surface area contributed by atoms with E-state index in [1.807, 2.05) is 25.1 Å². The quantitative estimate of drug-likeness (QED) is 0.922. The van der Waals surface area contributed by atoms with Crippen LogP contribution in [-0.4, -0.2) is 54.0 Å². The number of amides is 1. The Balaban J connectivity index is 1.57. The zero-order chi connectivity index (χ0) is 16.9. The van der Waals surface area contributed by atoms with Gasteiger partial charge in [0.05, 0.1) is 12.4 Å². The summed E-state index contributed by atoms with van der Waals surface area (Å²) in [6, 6.07) is 8.08. The summed E-state index contributed by atoms with van der Waals surface area (Å²) in [5, 5.41) is 2.89. The van der Waals surface area contributed by atoms with Crippen LogP contribution in [0, 0.1) is 6.92 Å². The maximum atomic E-state index is 12.2. The highest BCUT2D eigenvalue weighted by molar-refractivity contribution is 5.91. The summed E-state index contributed by atoms with van der Waals surface area (Å²) in [6.45, 7) is 6.42. The summed E-state index contributed by atoms with van der Waals surface area (Å²) in [6.07, 6.45) is 3.24. The summed E-state index contributed by atoms with van der Waals surface area (Å²) in [4.78, 5) is 25.4. The Kier molecular flexibility index (Phi) is 5.05. The largest absolute Gasteiger partial charge is 0.353 e. The third-order valence-electron chi connectivity index (χ3n) is 4.23. The van der Waals surface area contributed by atoms with Crippen molar-refractivity contribution in [2.45, 2.75) is 13.5 Å². The van der Waals surface area contributed by atoms with Crippen LogP contribution in [0.3, 0.4) is 0 Å². The van der Waals surface area contributed by atoms with E-state index in [1.165, 1.54) is 5.56 Å². The van der Waals surface area contributed by atoms with Gasteiger partial charge in [-0.2, -0.15) is 0 Å². The van der Waals surface area contributed by atoms with E-state index in [0.717, 1.165) is 37.6 Å². The molecule has 1 aromatic carbocycles. The Bertz CT molecular complexity index is 693. The van der Waals surface area contributed by atoms with Crippen molar-refractivity contribution in [2.24, 2.45) is 0 Å². The minimum absolute atomic E-state index is 0.200. The van der Waals surface area contributed by atoms with E-state index in [2.05, 4.69) is 38.2 Å². The summed E-state index contributed by atoms with van der Waals surface area (Å²) in [5.74, 6) is 0.632. The SMILES string of the molecule is Cc1cccc(CNC(=O)c2cnc(N3CCN(C)CC3)cn2)c1. The zero-order valence-electron chi connectivity index (χ0n) is 14.2. The molecule has 1 fully saturated rings. The van der Waals surface area contributed by atoms with Gasteiger partial charge >= 0.3 is 0 Å². The number of carbonyl (C=O) groups is 1. The Morgan fingerprint density at radius 3 is 2.62 bits per heavy atom. The Labute approximate surface area is 142 Å². The molecule has 1 saturated heterocycles. The van der Waals surface area contributed by atoms with Crippen molar-refractivity contribution < 1.29 is 4.79 Å². The van der Waals surface area contributed by atoms with Gasteiger partial charge in [-0.3, -0.25) is 4.79 Å². The average Bonchev–Trinajstić information content (AvgIpc) is 2.61. The smallest absolute Gasteiger partial charge is 0.271 e.